The van der Waals surface area contributed by atoms with Crippen LogP contribution in [0.15, 0.2) is 54.6 Å². The Morgan fingerprint density at radius 3 is 2.55 bits per heavy atom. The highest BCUT2D eigenvalue weighted by Crippen LogP contribution is 2.45. The maximum Gasteiger partial charge on any atom is 0.322 e. The largest absolute Gasteiger partial charge is 0.322 e. The Morgan fingerprint density at radius 2 is 1.72 bits per heavy atom. The fourth-order valence-corrected chi connectivity index (χ4v) is 6.35. The molecule has 1 aromatic heterocycles. The summed E-state index contributed by atoms with van der Waals surface area (Å²) in [4.78, 5) is 18.2. The van der Waals surface area contributed by atoms with Gasteiger partial charge in [0.15, 0.2) is 0 Å². The van der Waals surface area contributed by atoms with E-state index in [9.17, 15) is 4.79 Å². The molecule has 0 fully saturated rings. The molecule has 0 unspecified atom stereocenters. The van der Waals surface area contributed by atoms with E-state index in [4.69, 9.17) is 11.6 Å². The van der Waals surface area contributed by atoms with E-state index in [0.29, 0.717) is 17.3 Å². The highest BCUT2D eigenvalue weighted by atomic mass is 35.5. The summed E-state index contributed by atoms with van der Waals surface area (Å²) in [7, 11) is 0. The highest BCUT2D eigenvalue weighted by molar-refractivity contribution is 7.12. The molecule has 2 amide bonds. The Labute approximate surface area is 180 Å². The lowest BCUT2D eigenvalue weighted by molar-refractivity contribution is 0.195. The number of thiophene rings is 1. The van der Waals surface area contributed by atoms with E-state index in [1.165, 1.54) is 46.6 Å². The number of hydrogen-bond acceptors (Lipinski definition) is 2. The van der Waals surface area contributed by atoms with Crippen molar-refractivity contribution in [1.29, 1.82) is 0 Å². The second-order valence-electron chi connectivity index (χ2n) is 7.72. The van der Waals surface area contributed by atoms with E-state index in [2.05, 4.69) is 29.6 Å². The number of halogens is 1. The number of nitrogens with one attached hydrogen (secondary N) is 1. The van der Waals surface area contributed by atoms with Crippen molar-refractivity contribution in [2.24, 2.45) is 0 Å². The van der Waals surface area contributed by atoms with Gasteiger partial charge in [-0.15, -0.1) is 11.3 Å². The summed E-state index contributed by atoms with van der Waals surface area (Å²) in [6, 6.07) is 17.7. The van der Waals surface area contributed by atoms with Gasteiger partial charge in [0.1, 0.15) is 0 Å². The van der Waals surface area contributed by atoms with E-state index < -0.39 is 0 Å². The number of para-hydroxylation sites is 1. The zero-order chi connectivity index (χ0) is 19.8. The van der Waals surface area contributed by atoms with Crippen LogP contribution in [0, 0.1) is 0 Å². The molecule has 3 nitrogen and oxygen atoms in total. The predicted octanol–water partition coefficient (Wildman–Crippen LogP) is 6.46. The lowest BCUT2D eigenvalue weighted by Gasteiger charge is -2.36. The maximum atomic E-state index is 13.3. The number of fused-ring (bicyclic) bond motifs is 3. The fourth-order valence-electron chi connectivity index (χ4n) is 4.59. The molecule has 5 heteroatoms. The third-order valence-corrected chi connectivity index (χ3v) is 7.68. The molecule has 1 atom stereocenters. The summed E-state index contributed by atoms with van der Waals surface area (Å²) in [5, 5.41) is 3.59. The first kappa shape index (κ1) is 18.7. The number of rotatable bonds is 2. The fraction of sp³-hybridized carbons (Fsp3) is 0.292. The summed E-state index contributed by atoms with van der Waals surface area (Å²) in [5.74, 6) is 0. The lowest BCUT2D eigenvalue weighted by atomic mass is 9.88. The quantitative estimate of drug-likeness (QED) is 0.505. The number of carbonyl (C=O) groups excluding carboxylic acids is 1. The molecule has 2 heterocycles. The topological polar surface area (TPSA) is 32.3 Å². The first-order valence-electron chi connectivity index (χ1n) is 10.2. The lowest BCUT2D eigenvalue weighted by Crippen LogP contribution is -2.42. The van der Waals surface area contributed by atoms with Crippen LogP contribution >= 0.6 is 22.9 Å². The molecule has 0 radical (unpaired) electrons. The predicted molar refractivity (Wildman–Crippen MR) is 120 cm³/mol. The van der Waals surface area contributed by atoms with Crippen molar-refractivity contribution in [2.75, 3.05) is 11.9 Å². The van der Waals surface area contributed by atoms with Crippen molar-refractivity contribution in [3.05, 3.63) is 86.1 Å². The molecule has 148 valence electrons. The first-order chi connectivity index (χ1) is 14.2. The van der Waals surface area contributed by atoms with Crippen molar-refractivity contribution in [3.63, 3.8) is 0 Å². The summed E-state index contributed by atoms with van der Waals surface area (Å²) in [6.45, 7) is 0.714. The van der Waals surface area contributed by atoms with E-state index in [0.717, 1.165) is 6.42 Å². The summed E-state index contributed by atoms with van der Waals surface area (Å²) in [5.41, 5.74) is 4.90. The van der Waals surface area contributed by atoms with Crippen molar-refractivity contribution in [1.82, 2.24) is 4.90 Å². The number of carbonyl (C=O) groups is 1. The molecule has 1 aliphatic carbocycles. The second kappa shape index (κ2) is 7.85. The van der Waals surface area contributed by atoms with Gasteiger partial charge in [-0.3, -0.25) is 0 Å². The van der Waals surface area contributed by atoms with Crippen LogP contribution in [0.2, 0.25) is 5.02 Å². The van der Waals surface area contributed by atoms with Crippen molar-refractivity contribution < 1.29 is 4.79 Å². The zero-order valence-electron chi connectivity index (χ0n) is 16.2. The van der Waals surface area contributed by atoms with E-state index >= 15 is 0 Å². The molecule has 1 aliphatic heterocycles. The van der Waals surface area contributed by atoms with Crippen molar-refractivity contribution in [3.8, 4) is 0 Å². The number of aryl methyl sites for hydroxylation is 1. The van der Waals surface area contributed by atoms with Gasteiger partial charge in [-0.05, 0) is 60.9 Å². The molecule has 1 N–H and O–H groups in total. The number of urea groups is 1. The van der Waals surface area contributed by atoms with Gasteiger partial charge in [0.2, 0.25) is 0 Å². The molecule has 0 saturated carbocycles. The maximum absolute atomic E-state index is 13.3. The normalized spacial score (nSPS) is 18.1. The van der Waals surface area contributed by atoms with Crippen LogP contribution in [0.5, 0.6) is 0 Å². The standard InChI is InChI=1S/C24H23ClN2OS/c25-19-11-5-6-12-20(19)26-24(28)27-15-14-18-17-10-4-7-13-21(17)29-23(18)22(27)16-8-2-1-3-9-16/h1-3,5-6,8-9,11-12,22H,4,7,10,13-15H2,(H,26,28)/t22-/m0/s1. The molecular formula is C24H23ClN2OS. The third kappa shape index (κ3) is 3.45. The monoisotopic (exact) mass is 422 g/mol. The Kier molecular flexibility index (Phi) is 5.06. The molecule has 29 heavy (non-hydrogen) atoms. The molecule has 0 spiro atoms. The minimum absolute atomic E-state index is 0.0435. The molecule has 0 bridgehead atoms. The second-order valence-corrected chi connectivity index (χ2v) is 9.26. The minimum atomic E-state index is -0.0935. The van der Waals surface area contributed by atoms with Crippen LogP contribution < -0.4 is 5.32 Å². The van der Waals surface area contributed by atoms with Gasteiger partial charge in [0, 0.05) is 16.3 Å². The van der Waals surface area contributed by atoms with Gasteiger partial charge in [0.05, 0.1) is 16.8 Å². The molecule has 2 aliphatic rings. The van der Waals surface area contributed by atoms with E-state index in [-0.39, 0.29) is 12.1 Å². The highest BCUT2D eigenvalue weighted by Gasteiger charge is 2.36. The Bertz CT molecular complexity index is 1050. The smallest absolute Gasteiger partial charge is 0.312 e. The van der Waals surface area contributed by atoms with Gasteiger partial charge in [0.25, 0.3) is 0 Å². The van der Waals surface area contributed by atoms with Gasteiger partial charge in [-0.2, -0.15) is 0 Å². The average Bonchev–Trinajstić information content (AvgIpc) is 3.14. The van der Waals surface area contributed by atoms with Gasteiger partial charge < -0.3 is 10.2 Å². The van der Waals surface area contributed by atoms with E-state index in [1.807, 2.05) is 40.5 Å². The van der Waals surface area contributed by atoms with Crippen molar-refractivity contribution in [2.45, 2.75) is 38.1 Å². The summed E-state index contributed by atoms with van der Waals surface area (Å²) >= 11 is 8.20. The number of amides is 2. The van der Waals surface area contributed by atoms with Gasteiger partial charge >= 0.3 is 6.03 Å². The van der Waals surface area contributed by atoms with Crippen LogP contribution in [0.4, 0.5) is 10.5 Å². The van der Waals surface area contributed by atoms with E-state index in [1.54, 1.807) is 11.6 Å². The number of anilines is 1. The number of hydrogen-bond donors (Lipinski definition) is 1. The minimum Gasteiger partial charge on any atom is -0.312 e. The molecular weight excluding hydrogens is 400 g/mol. The zero-order valence-corrected chi connectivity index (χ0v) is 17.7. The number of benzene rings is 2. The Hall–Kier alpha value is -2.30. The number of nitrogens with zero attached hydrogens (tertiary/aromatic N) is 1. The van der Waals surface area contributed by atoms with Crippen LogP contribution in [0.25, 0.3) is 0 Å². The van der Waals surface area contributed by atoms with Crippen molar-refractivity contribution >= 4 is 34.7 Å². The first-order valence-corrected chi connectivity index (χ1v) is 11.4. The van der Waals surface area contributed by atoms with Crippen LogP contribution in [-0.2, 0) is 19.3 Å². The van der Waals surface area contributed by atoms with Crippen LogP contribution in [0.1, 0.15) is 45.3 Å². The Balaban J connectivity index is 1.54. The van der Waals surface area contributed by atoms with Gasteiger partial charge in [-0.25, -0.2) is 4.79 Å². The van der Waals surface area contributed by atoms with Crippen LogP contribution in [-0.4, -0.2) is 17.5 Å². The summed E-state index contributed by atoms with van der Waals surface area (Å²) < 4.78 is 0. The average molecular weight is 423 g/mol. The molecule has 3 aromatic rings. The SMILES string of the molecule is O=C(Nc1ccccc1Cl)N1CCc2c(sc3c2CCCC3)[C@@H]1c1ccccc1. The van der Waals surface area contributed by atoms with Crippen LogP contribution in [0.3, 0.4) is 0 Å². The van der Waals surface area contributed by atoms with Gasteiger partial charge in [-0.1, -0.05) is 54.1 Å². The Morgan fingerprint density at radius 1 is 0.966 bits per heavy atom. The molecule has 0 saturated heterocycles. The molecule has 2 aromatic carbocycles. The summed E-state index contributed by atoms with van der Waals surface area (Å²) in [6.07, 6.45) is 5.86. The molecule has 5 rings (SSSR count). The third-order valence-electron chi connectivity index (χ3n) is 5.97.